The fourth-order valence-electron chi connectivity index (χ4n) is 3.34. The summed E-state index contributed by atoms with van der Waals surface area (Å²) >= 11 is 0. The first kappa shape index (κ1) is 25.3. The van der Waals surface area contributed by atoms with Gasteiger partial charge in [0.15, 0.2) is 12.0 Å². The lowest BCUT2D eigenvalue weighted by molar-refractivity contribution is 0.0559. The minimum absolute atomic E-state index is 0.00222. The van der Waals surface area contributed by atoms with Crippen LogP contribution in [0.2, 0.25) is 0 Å². The maximum absolute atomic E-state index is 13.9. The van der Waals surface area contributed by atoms with Crippen molar-refractivity contribution >= 4 is 0 Å². The number of hydrogen-bond donors (Lipinski definition) is 0. The fourth-order valence-corrected chi connectivity index (χ4v) is 3.34. The second-order valence-electron chi connectivity index (χ2n) is 8.15. The van der Waals surface area contributed by atoms with Gasteiger partial charge in [-0.25, -0.2) is 14.4 Å². The van der Waals surface area contributed by atoms with Crippen molar-refractivity contribution in [2.75, 3.05) is 19.8 Å². The van der Waals surface area contributed by atoms with E-state index >= 15 is 0 Å². The van der Waals surface area contributed by atoms with Crippen molar-refractivity contribution < 1.29 is 13.9 Å². The van der Waals surface area contributed by atoms with Crippen LogP contribution in [0.3, 0.4) is 0 Å². The van der Waals surface area contributed by atoms with Gasteiger partial charge in [-0.2, -0.15) is 0 Å². The highest BCUT2D eigenvalue weighted by molar-refractivity contribution is 5.55. The predicted molar refractivity (Wildman–Crippen MR) is 125 cm³/mol. The highest BCUT2D eigenvalue weighted by Crippen LogP contribution is 2.20. The Balaban J connectivity index is 1.68. The third-order valence-corrected chi connectivity index (χ3v) is 5.26. The summed E-state index contributed by atoms with van der Waals surface area (Å²) in [7, 11) is 0. The monoisotopic (exact) mass is 430 g/mol. The van der Waals surface area contributed by atoms with Gasteiger partial charge in [-0.15, -0.1) is 0 Å². The number of hydrogen-bond acceptors (Lipinski definition) is 4. The van der Waals surface area contributed by atoms with E-state index < -0.39 is 6.17 Å². The molecule has 1 aromatic heterocycles. The Morgan fingerprint density at radius 3 is 2.13 bits per heavy atom. The quantitative estimate of drug-likeness (QED) is 0.254. The number of unbranched alkanes of at least 4 members (excludes halogenated alkanes) is 7. The first-order valence-electron chi connectivity index (χ1n) is 12.0. The molecule has 0 aliphatic heterocycles. The lowest BCUT2D eigenvalue weighted by atomic mass is 10.1. The van der Waals surface area contributed by atoms with Gasteiger partial charge in [0.2, 0.25) is 0 Å². The Kier molecular flexibility index (Phi) is 12.8. The van der Waals surface area contributed by atoms with Gasteiger partial charge in [-0.05, 0) is 49.1 Å². The molecule has 1 unspecified atom stereocenters. The average Bonchev–Trinajstić information content (AvgIpc) is 2.80. The standard InChI is InChI=1S/C26H39FN2O2/c1-3-5-7-9-10-12-22-18-28-26(29-19-22)23-13-15-25(16-14-23)31-21-24(27)20-30-17-11-8-6-4-2/h13-16,18-19,24H,3-12,17,20-21H2,1-2H3. The molecular formula is C26H39FN2O2. The lowest BCUT2D eigenvalue weighted by Gasteiger charge is -2.11. The van der Waals surface area contributed by atoms with Gasteiger partial charge in [-0.3, -0.25) is 0 Å². The van der Waals surface area contributed by atoms with E-state index in [1.165, 1.54) is 50.5 Å². The molecule has 0 saturated heterocycles. The Bertz CT molecular complexity index is 692. The molecular weight excluding hydrogens is 391 g/mol. The molecule has 0 saturated carbocycles. The maximum atomic E-state index is 13.9. The van der Waals surface area contributed by atoms with E-state index in [4.69, 9.17) is 9.47 Å². The summed E-state index contributed by atoms with van der Waals surface area (Å²) < 4.78 is 24.9. The van der Waals surface area contributed by atoms with Crippen molar-refractivity contribution in [3.05, 3.63) is 42.2 Å². The van der Waals surface area contributed by atoms with Gasteiger partial charge in [0.1, 0.15) is 12.4 Å². The summed E-state index contributed by atoms with van der Waals surface area (Å²) in [6.45, 7) is 5.10. The van der Waals surface area contributed by atoms with Crippen LogP contribution in [-0.4, -0.2) is 36.0 Å². The third kappa shape index (κ3) is 10.7. The van der Waals surface area contributed by atoms with Gasteiger partial charge < -0.3 is 9.47 Å². The maximum Gasteiger partial charge on any atom is 0.159 e. The van der Waals surface area contributed by atoms with Crippen molar-refractivity contribution in [2.45, 2.75) is 84.2 Å². The molecule has 0 radical (unpaired) electrons. The number of aromatic nitrogens is 2. The molecule has 0 bridgehead atoms. The number of aryl methyl sites for hydroxylation is 1. The molecule has 4 nitrogen and oxygen atoms in total. The van der Waals surface area contributed by atoms with E-state index in [0.29, 0.717) is 18.2 Å². The molecule has 0 N–H and O–H groups in total. The minimum atomic E-state index is -1.12. The SMILES string of the molecule is CCCCCCCc1cnc(-c2ccc(OCC(F)COCCCCCC)cc2)nc1. The van der Waals surface area contributed by atoms with Gasteiger partial charge in [0, 0.05) is 24.6 Å². The molecule has 172 valence electrons. The predicted octanol–water partition coefficient (Wildman–Crippen LogP) is 6.97. The Morgan fingerprint density at radius 2 is 1.45 bits per heavy atom. The Morgan fingerprint density at radius 1 is 0.806 bits per heavy atom. The topological polar surface area (TPSA) is 44.2 Å². The smallest absolute Gasteiger partial charge is 0.159 e. The van der Waals surface area contributed by atoms with E-state index in [1.54, 1.807) is 0 Å². The number of ether oxygens (including phenoxy) is 2. The van der Waals surface area contributed by atoms with Gasteiger partial charge in [0.25, 0.3) is 0 Å². The first-order chi connectivity index (χ1) is 15.2. The summed E-state index contributed by atoms with van der Waals surface area (Å²) in [5, 5.41) is 0. The third-order valence-electron chi connectivity index (χ3n) is 5.26. The van der Waals surface area contributed by atoms with E-state index in [2.05, 4.69) is 23.8 Å². The molecule has 1 atom stereocenters. The molecule has 0 aliphatic rings. The van der Waals surface area contributed by atoms with Crippen LogP contribution in [0.1, 0.15) is 77.2 Å². The van der Waals surface area contributed by atoms with E-state index in [-0.39, 0.29) is 13.2 Å². The molecule has 0 spiro atoms. The van der Waals surface area contributed by atoms with Crippen LogP contribution in [0.25, 0.3) is 11.4 Å². The van der Waals surface area contributed by atoms with Crippen LogP contribution in [0.5, 0.6) is 5.75 Å². The normalized spacial score (nSPS) is 12.1. The number of rotatable bonds is 17. The van der Waals surface area contributed by atoms with E-state index in [0.717, 1.165) is 24.8 Å². The minimum Gasteiger partial charge on any atom is -0.490 e. The van der Waals surface area contributed by atoms with Crippen LogP contribution in [-0.2, 0) is 11.2 Å². The summed E-state index contributed by atoms with van der Waals surface area (Å²) in [5.41, 5.74) is 2.11. The van der Waals surface area contributed by atoms with Crippen molar-refractivity contribution in [3.8, 4) is 17.1 Å². The zero-order valence-electron chi connectivity index (χ0n) is 19.3. The molecule has 2 aromatic rings. The van der Waals surface area contributed by atoms with Crippen LogP contribution in [0.4, 0.5) is 4.39 Å². The average molecular weight is 431 g/mol. The van der Waals surface area contributed by atoms with Crippen LogP contribution in [0.15, 0.2) is 36.7 Å². The second kappa shape index (κ2) is 15.7. The number of nitrogens with zero attached hydrogens (tertiary/aromatic N) is 2. The molecule has 0 aliphatic carbocycles. The molecule has 0 amide bonds. The summed E-state index contributed by atoms with van der Waals surface area (Å²) in [5.74, 6) is 1.33. The lowest BCUT2D eigenvalue weighted by Crippen LogP contribution is -2.19. The number of alkyl halides is 1. The van der Waals surface area contributed by atoms with Crippen molar-refractivity contribution in [1.29, 1.82) is 0 Å². The van der Waals surface area contributed by atoms with Gasteiger partial charge in [0.05, 0.1) is 6.61 Å². The second-order valence-corrected chi connectivity index (χ2v) is 8.15. The summed E-state index contributed by atoms with van der Waals surface area (Å²) in [6, 6.07) is 7.48. The largest absolute Gasteiger partial charge is 0.490 e. The van der Waals surface area contributed by atoms with E-state index in [1.807, 2.05) is 36.7 Å². The first-order valence-corrected chi connectivity index (χ1v) is 12.0. The molecule has 0 fully saturated rings. The number of halogens is 1. The van der Waals surface area contributed by atoms with Crippen molar-refractivity contribution in [1.82, 2.24) is 9.97 Å². The molecule has 1 aromatic carbocycles. The summed E-state index contributed by atoms with van der Waals surface area (Å²) in [4.78, 5) is 9.00. The molecule has 5 heteroatoms. The Labute approximate surface area is 187 Å². The van der Waals surface area contributed by atoms with Crippen molar-refractivity contribution in [3.63, 3.8) is 0 Å². The molecule has 31 heavy (non-hydrogen) atoms. The zero-order valence-corrected chi connectivity index (χ0v) is 19.3. The van der Waals surface area contributed by atoms with Crippen LogP contribution in [0, 0.1) is 0 Å². The highest BCUT2D eigenvalue weighted by Gasteiger charge is 2.09. The van der Waals surface area contributed by atoms with Crippen LogP contribution >= 0.6 is 0 Å². The summed E-state index contributed by atoms with van der Waals surface area (Å²) in [6.07, 6.45) is 14.6. The van der Waals surface area contributed by atoms with E-state index in [9.17, 15) is 4.39 Å². The Hall–Kier alpha value is -2.01. The molecule has 1 heterocycles. The van der Waals surface area contributed by atoms with Crippen LogP contribution < -0.4 is 4.74 Å². The van der Waals surface area contributed by atoms with Gasteiger partial charge in [-0.1, -0.05) is 58.8 Å². The van der Waals surface area contributed by atoms with Gasteiger partial charge >= 0.3 is 0 Å². The fraction of sp³-hybridized carbons (Fsp3) is 0.615. The highest BCUT2D eigenvalue weighted by atomic mass is 19.1. The number of benzene rings is 1. The molecule has 2 rings (SSSR count). The van der Waals surface area contributed by atoms with Crippen molar-refractivity contribution in [2.24, 2.45) is 0 Å². The zero-order chi connectivity index (χ0) is 22.2.